The summed E-state index contributed by atoms with van der Waals surface area (Å²) in [7, 11) is 3.84. The Labute approximate surface area is 114 Å². The van der Waals surface area contributed by atoms with Gasteiger partial charge in [0.1, 0.15) is 0 Å². The quantitative estimate of drug-likeness (QED) is 0.730. The Bertz CT molecular complexity index is 302. The minimum atomic E-state index is 0.387. The molecule has 1 unspecified atom stereocenters. The average molecular weight is 351 g/mol. The number of benzene rings is 1. The van der Waals surface area contributed by atoms with Crippen molar-refractivity contribution in [1.29, 1.82) is 0 Å². The van der Waals surface area contributed by atoms with Gasteiger partial charge in [-0.2, -0.15) is 0 Å². The predicted molar refractivity (Wildman–Crippen MR) is 75.1 cm³/mol. The van der Waals surface area contributed by atoms with Gasteiger partial charge in [-0.05, 0) is 24.7 Å². The molecule has 1 aromatic carbocycles. The average Bonchev–Trinajstić information content (AvgIpc) is 2.21. The fraction of sp³-hybridized carbons (Fsp3) is 0.500. The normalized spacial score (nSPS) is 13.1. The first-order valence-electron chi connectivity index (χ1n) is 5.18. The SMILES string of the molecule is COCC(Br)CN(C)Cc1ccc(Br)cc1. The second-order valence-electron chi connectivity index (χ2n) is 3.88. The standard InChI is InChI=1S/C12H17Br2NO/c1-15(8-12(14)9-16-2)7-10-3-5-11(13)6-4-10/h3-6,12H,7-9H2,1-2H3. The smallest absolute Gasteiger partial charge is 0.0600 e. The first-order valence-corrected chi connectivity index (χ1v) is 6.88. The molecule has 0 heterocycles. The van der Waals surface area contributed by atoms with E-state index < -0.39 is 0 Å². The summed E-state index contributed by atoms with van der Waals surface area (Å²) < 4.78 is 6.21. The van der Waals surface area contributed by atoms with E-state index in [1.165, 1.54) is 5.56 Å². The third-order valence-electron chi connectivity index (χ3n) is 2.22. The molecule has 4 heteroatoms. The molecule has 0 aliphatic carbocycles. The van der Waals surface area contributed by atoms with Gasteiger partial charge in [0.15, 0.2) is 0 Å². The van der Waals surface area contributed by atoms with Gasteiger partial charge in [-0.15, -0.1) is 0 Å². The summed E-state index contributed by atoms with van der Waals surface area (Å²) in [4.78, 5) is 2.67. The Morgan fingerprint density at radius 2 is 1.94 bits per heavy atom. The minimum absolute atomic E-state index is 0.387. The molecule has 90 valence electrons. The largest absolute Gasteiger partial charge is 0.383 e. The van der Waals surface area contributed by atoms with Crippen LogP contribution in [0.15, 0.2) is 28.7 Å². The maximum Gasteiger partial charge on any atom is 0.0600 e. The van der Waals surface area contributed by atoms with Crippen LogP contribution in [0.5, 0.6) is 0 Å². The van der Waals surface area contributed by atoms with Gasteiger partial charge in [0.25, 0.3) is 0 Å². The van der Waals surface area contributed by atoms with Crippen LogP contribution in [0.25, 0.3) is 0 Å². The van der Waals surface area contributed by atoms with E-state index in [0.717, 1.165) is 24.2 Å². The number of hydrogen-bond donors (Lipinski definition) is 0. The maximum absolute atomic E-state index is 5.09. The molecule has 0 N–H and O–H groups in total. The highest BCUT2D eigenvalue weighted by Gasteiger charge is 2.07. The molecular formula is C12H17Br2NO. The van der Waals surface area contributed by atoms with Crippen LogP contribution in [0.1, 0.15) is 5.56 Å². The number of ether oxygens (including phenoxy) is 1. The third-order valence-corrected chi connectivity index (χ3v) is 3.31. The molecule has 0 radical (unpaired) electrons. The van der Waals surface area contributed by atoms with E-state index in [1.54, 1.807) is 7.11 Å². The molecular weight excluding hydrogens is 334 g/mol. The van der Waals surface area contributed by atoms with Crippen molar-refractivity contribution >= 4 is 31.9 Å². The highest BCUT2D eigenvalue weighted by Crippen LogP contribution is 2.12. The summed E-state index contributed by atoms with van der Waals surface area (Å²) >= 11 is 7.02. The number of nitrogens with zero attached hydrogens (tertiary/aromatic N) is 1. The Kier molecular flexibility index (Phi) is 6.58. The monoisotopic (exact) mass is 349 g/mol. The first kappa shape index (κ1) is 14.2. The van der Waals surface area contributed by atoms with Gasteiger partial charge in [0, 0.05) is 24.7 Å². The lowest BCUT2D eigenvalue weighted by Crippen LogP contribution is -2.27. The zero-order chi connectivity index (χ0) is 12.0. The molecule has 0 aromatic heterocycles. The Balaban J connectivity index is 2.39. The van der Waals surface area contributed by atoms with Gasteiger partial charge in [-0.3, -0.25) is 0 Å². The van der Waals surface area contributed by atoms with Crippen LogP contribution < -0.4 is 0 Å². The highest BCUT2D eigenvalue weighted by molar-refractivity contribution is 9.10. The molecule has 1 atom stereocenters. The van der Waals surface area contributed by atoms with Gasteiger partial charge >= 0.3 is 0 Å². The minimum Gasteiger partial charge on any atom is -0.383 e. The molecule has 0 aliphatic heterocycles. The molecule has 1 rings (SSSR count). The van der Waals surface area contributed by atoms with Gasteiger partial charge < -0.3 is 9.64 Å². The number of halogens is 2. The molecule has 0 bridgehead atoms. The molecule has 1 aromatic rings. The van der Waals surface area contributed by atoms with E-state index in [0.29, 0.717) is 4.83 Å². The van der Waals surface area contributed by atoms with Gasteiger partial charge in [0.2, 0.25) is 0 Å². The Morgan fingerprint density at radius 1 is 1.31 bits per heavy atom. The first-order chi connectivity index (χ1) is 7.61. The van der Waals surface area contributed by atoms with Crippen molar-refractivity contribution in [1.82, 2.24) is 4.90 Å². The van der Waals surface area contributed by atoms with Crippen LogP contribution in [-0.4, -0.2) is 37.0 Å². The van der Waals surface area contributed by atoms with Crippen molar-refractivity contribution < 1.29 is 4.74 Å². The van der Waals surface area contributed by atoms with E-state index in [-0.39, 0.29) is 0 Å². The van der Waals surface area contributed by atoms with Crippen LogP contribution in [0.3, 0.4) is 0 Å². The lowest BCUT2D eigenvalue weighted by atomic mass is 10.2. The fourth-order valence-electron chi connectivity index (χ4n) is 1.54. The second-order valence-corrected chi connectivity index (χ2v) is 6.09. The molecule has 0 spiro atoms. The van der Waals surface area contributed by atoms with Crippen LogP contribution in [0, 0.1) is 0 Å². The van der Waals surface area contributed by atoms with Crippen LogP contribution in [0.4, 0.5) is 0 Å². The summed E-state index contributed by atoms with van der Waals surface area (Å²) in [6.07, 6.45) is 0. The Morgan fingerprint density at radius 3 is 2.50 bits per heavy atom. The summed E-state index contributed by atoms with van der Waals surface area (Å²) in [5.74, 6) is 0. The summed E-state index contributed by atoms with van der Waals surface area (Å²) in [6, 6.07) is 8.42. The van der Waals surface area contributed by atoms with E-state index >= 15 is 0 Å². The Hall–Kier alpha value is 0.100. The number of rotatable bonds is 6. The zero-order valence-corrected chi connectivity index (χ0v) is 12.8. The van der Waals surface area contributed by atoms with Crippen molar-refractivity contribution in [3.8, 4) is 0 Å². The summed E-state index contributed by atoms with van der Waals surface area (Å²) in [5, 5.41) is 0. The van der Waals surface area contributed by atoms with Crippen molar-refractivity contribution in [3.05, 3.63) is 34.3 Å². The van der Waals surface area contributed by atoms with Crippen molar-refractivity contribution in [2.75, 3.05) is 27.3 Å². The molecule has 0 fully saturated rings. The molecule has 0 saturated heterocycles. The van der Waals surface area contributed by atoms with Crippen LogP contribution in [0.2, 0.25) is 0 Å². The molecule has 0 amide bonds. The van der Waals surface area contributed by atoms with Crippen molar-refractivity contribution in [2.24, 2.45) is 0 Å². The van der Waals surface area contributed by atoms with Crippen molar-refractivity contribution in [3.63, 3.8) is 0 Å². The third kappa shape index (κ3) is 5.43. The van der Waals surface area contributed by atoms with E-state index in [2.05, 4.69) is 68.1 Å². The lowest BCUT2D eigenvalue weighted by Gasteiger charge is -2.19. The zero-order valence-electron chi connectivity index (χ0n) is 9.62. The van der Waals surface area contributed by atoms with Crippen molar-refractivity contribution in [2.45, 2.75) is 11.4 Å². The highest BCUT2D eigenvalue weighted by atomic mass is 79.9. The van der Waals surface area contributed by atoms with Gasteiger partial charge in [0.05, 0.1) is 11.4 Å². The number of alkyl halides is 1. The molecule has 2 nitrogen and oxygen atoms in total. The molecule has 16 heavy (non-hydrogen) atoms. The molecule has 0 saturated carbocycles. The molecule has 0 aliphatic rings. The second kappa shape index (κ2) is 7.43. The van der Waals surface area contributed by atoms with Crippen LogP contribution >= 0.6 is 31.9 Å². The predicted octanol–water partition coefficient (Wildman–Crippen LogP) is 3.29. The summed E-state index contributed by atoms with van der Waals surface area (Å²) in [6.45, 7) is 2.67. The number of hydrogen-bond acceptors (Lipinski definition) is 2. The van der Waals surface area contributed by atoms with Crippen LogP contribution in [-0.2, 0) is 11.3 Å². The topological polar surface area (TPSA) is 12.5 Å². The maximum atomic E-state index is 5.09. The van der Waals surface area contributed by atoms with Gasteiger partial charge in [-0.1, -0.05) is 44.0 Å². The van der Waals surface area contributed by atoms with E-state index in [1.807, 2.05) is 0 Å². The lowest BCUT2D eigenvalue weighted by molar-refractivity contribution is 0.185. The van der Waals surface area contributed by atoms with E-state index in [4.69, 9.17) is 4.74 Å². The number of methoxy groups -OCH3 is 1. The fourth-order valence-corrected chi connectivity index (χ4v) is 2.56. The summed E-state index contributed by atoms with van der Waals surface area (Å²) in [5.41, 5.74) is 1.32. The van der Waals surface area contributed by atoms with Gasteiger partial charge in [-0.25, -0.2) is 0 Å². The van der Waals surface area contributed by atoms with E-state index in [9.17, 15) is 0 Å².